The molecule has 0 radical (unpaired) electrons. The van der Waals surface area contributed by atoms with Crippen LogP contribution in [0.2, 0.25) is 0 Å². The van der Waals surface area contributed by atoms with Gasteiger partial charge in [-0.05, 0) is 30.0 Å². The summed E-state index contributed by atoms with van der Waals surface area (Å²) in [6.45, 7) is 3.88. The van der Waals surface area contributed by atoms with Crippen molar-refractivity contribution >= 4 is 0 Å². The van der Waals surface area contributed by atoms with E-state index in [4.69, 9.17) is 0 Å². The Labute approximate surface area is 120 Å². The third kappa shape index (κ3) is 2.45. The van der Waals surface area contributed by atoms with Gasteiger partial charge in [-0.2, -0.15) is 5.26 Å². The SMILES string of the molecule is Cc1cccc(C(C#N)N2CCc3ccccc3C2)c1. The first kappa shape index (κ1) is 12.9. The Balaban J connectivity index is 1.87. The average molecular weight is 262 g/mol. The van der Waals surface area contributed by atoms with Crippen molar-refractivity contribution in [1.82, 2.24) is 4.90 Å². The Hall–Kier alpha value is -2.11. The first-order chi connectivity index (χ1) is 9.78. The second-order valence-corrected chi connectivity index (χ2v) is 5.43. The largest absolute Gasteiger partial charge is 0.280 e. The van der Waals surface area contributed by atoms with Crippen molar-refractivity contribution in [2.24, 2.45) is 0 Å². The molecular formula is C18H18N2. The third-order valence-corrected chi connectivity index (χ3v) is 4.01. The molecule has 0 saturated carbocycles. The topological polar surface area (TPSA) is 27.0 Å². The fourth-order valence-corrected chi connectivity index (χ4v) is 2.95. The van der Waals surface area contributed by atoms with E-state index in [1.54, 1.807) is 0 Å². The van der Waals surface area contributed by atoms with Crippen molar-refractivity contribution in [2.45, 2.75) is 25.9 Å². The van der Waals surface area contributed by atoms with Crippen molar-refractivity contribution in [2.75, 3.05) is 6.54 Å². The molecule has 0 aromatic heterocycles. The molecule has 0 N–H and O–H groups in total. The average Bonchev–Trinajstić information content (AvgIpc) is 2.48. The van der Waals surface area contributed by atoms with E-state index < -0.39 is 0 Å². The zero-order chi connectivity index (χ0) is 13.9. The van der Waals surface area contributed by atoms with Crippen molar-refractivity contribution < 1.29 is 0 Å². The molecule has 100 valence electrons. The van der Waals surface area contributed by atoms with Crippen LogP contribution in [-0.2, 0) is 13.0 Å². The maximum absolute atomic E-state index is 9.58. The van der Waals surface area contributed by atoms with E-state index in [0.29, 0.717) is 0 Å². The van der Waals surface area contributed by atoms with Gasteiger partial charge in [0.25, 0.3) is 0 Å². The standard InChI is InChI=1S/C18H18N2/c1-14-5-4-8-16(11-14)18(12-19)20-10-9-15-6-2-3-7-17(15)13-20/h2-8,11,18H,9-10,13H2,1H3. The molecular weight excluding hydrogens is 244 g/mol. The number of nitriles is 1. The fourth-order valence-electron chi connectivity index (χ4n) is 2.95. The van der Waals surface area contributed by atoms with Crippen LogP contribution in [0.5, 0.6) is 0 Å². The number of benzene rings is 2. The first-order valence-electron chi connectivity index (χ1n) is 7.05. The summed E-state index contributed by atoms with van der Waals surface area (Å²) in [7, 11) is 0. The van der Waals surface area contributed by atoms with Gasteiger partial charge in [0.2, 0.25) is 0 Å². The molecule has 1 unspecified atom stereocenters. The molecule has 2 aromatic rings. The molecule has 0 aliphatic carbocycles. The van der Waals surface area contributed by atoms with E-state index in [-0.39, 0.29) is 6.04 Å². The van der Waals surface area contributed by atoms with Crippen LogP contribution in [0.25, 0.3) is 0 Å². The van der Waals surface area contributed by atoms with Crippen LogP contribution >= 0.6 is 0 Å². The van der Waals surface area contributed by atoms with Crippen molar-refractivity contribution in [3.05, 3.63) is 70.8 Å². The molecule has 2 nitrogen and oxygen atoms in total. The van der Waals surface area contributed by atoms with Crippen LogP contribution in [0.4, 0.5) is 0 Å². The molecule has 1 heterocycles. The van der Waals surface area contributed by atoms with E-state index in [2.05, 4.69) is 60.4 Å². The van der Waals surface area contributed by atoms with E-state index in [0.717, 1.165) is 25.1 Å². The minimum absolute atomic E-state index is 0.150. The number of rotatable bonds is 2. The van der Waals surface area contributed by atoms with E-state index in [1.165, 1.54) is 16.7 Å². The molecule has 20 heavy (non-hydrogen) atoms. The summed E-state index contributed by atoms with van der Waals surface area (Å²) in [6.07, 6.45) is 1.03. The van der Waals surface area contributed by atoms with Gasteiger partial charge in [-0.25, -0.2) is 0 Å². The molecule has 1 aliphatic rings. The maximum atomic E-state index is 9.58. The molecule has 0 saturated heterocycles. The number of fused-ring (bicyclic) bond motifs is 1. The second-order valence-electron chi connectivity index (χ2n) is 5.43. The molecule has 2 heteroatoms. The smallest absolute Gasteiger partial charge is 0.124 e. The number of hydrogen-bond acceptors (Lipinski definition) is 2. The summed E-state index contributed by atoms with van der Waals surface area (Å²) in [5, 5.41) is 9.58. The highest BCUT2D eigenvalue weighted by Crippen LogP contribution is 2.27. The molecule has 0 fully saturated rings. The lowest BCUT2D eigenvalue weighted by Crippen LogP contribution is -2.33. The lowest BCUT2D eigenvalue weighted by atomic mass is 9.96. The quantitative estimate of drug-likeness (QED) is 0.826. The Kier molecular flexibility index (Phi) is 3.54. The number of aryl methyl sites for hydroxylation is 1. The molecule has 0 bridgehead atoms. The lowest BCUT2D eigenvalue weighted by molar-refractivity contribution is 0.216. The zero-order valence-corrected chi connectivity index (χ0v) is 11.7. The van der Waals surface area contributed by atoms with Crippen LogP contribution in [0.15, 0.2) is 48.5 Å². The highest BCUT2D eigenvalue weighted by molar-refractivity contribution is 5.32. The predicted octanol–water partition coefficient (Wildman–Crippen LogP) is 3.62. The van der Waals surface area contributed by atoms with Crippen molar-refractivity contribution in [3.63, 3.8) is 0 Å². The van der Waals surface area contributed by atoms with Crippen LogP contribution in [-0.4, -0.2) is 11.4 Å². The molecule has 1 aliphatic heterocycles. The first-order valence-corrected chi connectivity index (χ1v) is 7.05. The van der Waals surface area contributed by atoms with Gasteiger partial charge in [-0.1, -0.05) is 54.1 Å². The molecule has 1 atom stereocenters. The Morgan fingerprint density at radius 3 is 2.65 bits per heavy atom. The van der Waals surface area contributed by atoms with Gasteiger partial charge in [-0.15, -0.1) is 0 Å². The third-order valence-electron chi connectivity index (χ3n) is 4.01. The Bertz CT molecular complexity index is 654. The monoisotopic (exact) mass is 262 g/mol. The summed E-state index contributed by atoms with van der Waals surface area (Å²) in [5.74, 6) is 0. The summed E-state index contributed by atoms with van der Waals surface area (Å²) < 4.78 is 0. The summed E-state index contributed by atoms with van der Waals surface area (Å²) in [6, 6.07) is 19.1. The van der Waals surface area contributed by atoms with Gasteiger partial charge in [0.05, 0.1) is 6.07 Å². The highest BCUT2D eigenvalue weighted by Gasteiger charge is 2.24. The normalized spacial score (nSPS) is 16.2. The Morgan fingerprint density at radius 1 is 1.10 bits per heavy atom. The van der Waals surface area contributed by atoms with Crippen LogP contribution < -0.4 is 0 Å². The minimum Gasteiger partial charge on any atom is -0.280 e. The van der Waals surface area contributed by atoms with Crippen molar-refractivity contribution in [3.8, 4) is 6.07 Å². The van der Waals surface area contributed by atoms with Crippen molar-refractivity contribution in [1.29, 1.82) is 5.26 Å². The number of nitrogens with zero attached hydrogens (tertiary/aromatic N) is 2. The lowest BCUT2D eigenvalue weighted by Gasteiger charge is -2.32. The van der Waals surface area contributed by atoms with Gasteiger partial charge in [0.1, 0.15) is 6.04 Å². The summed E-state index contributed by atoms with van der Waals surface area (Å²) in [5.41, 5.74) is 5.09. The maximum Gasteiger partial charge on any atom is 0.124 e. The van der Waals surface area contributed by atoms with E-state index >= 15 is 0 Å². The van der Waals surface area contributed by atoms with Gasteiger partial charge in [0.15, 0.2) is 0 Å². The molecule has 0 spiro atoms. The van der Waals surface area contributed by atoms with Gasteiger partial charge < -0.3 is 0 Å². The van der Waals surface area contributed by atoms with Crippen LogP contribution in [0.1, 0.15) is 28.3 Å². The van der Waals surface area contributed by atoms with Gasteiger partial charge >= 0.3 is 0 Å². The Morgan fingerprint density at radius 2 is 1.90 bits per heavy atom. The highest BCUT2D eigenvalue weighted by atomic mass is 15.2. The van der Waals surface area contributed by atoms with E-state index in [1.807, 2.05) is 6.07 Å². The van der Waals surface area contributed by atoms with Crippen LogP contribution in [0, 0.1) is 18.3 Å². The van der Waals surface area contributed by atoms with E-state index in [9.17, 15) is 5.26 Å². The van der Waals surface area contributed by atoms with Gasteiger partial charge in [-0.3, -0.25) is 4.90 Å². The summed E-state index contributed by atoms with van der Waals surface area (Å²) in [4.78, 5) is 2.27. The molecule has 2 aromatic carbocycles. The molecule has 0 amide bonds. The van der Waals surface area contributed by atoms with Crippen LogP contribution in [0.3, 0.4) is 0 Å². The zero-order valence-electron chi connectivity index (χ0n) is 11.7. The fraction of sp³-hybridized carbons (Fsp3) is 0.278. The minimum atomic E-state index is -0.150. The van der Waals surface area contributed by atoms with Gasteiger partial charge in [0, 0.05) is 13.1 Å². The predicted molar refractivity (Wildman–Crippen MR) is 80.1 cm³/mol. The second kappa shape index (κ2) is 5.48. The summed E-state index contributed by atoms with van der Waals surface area (Å²) >= 11 is 0. The number of hydrogen-bond donors (Lipinski definition) is 0. The molecule has 3 rings (SSSR count).